The Labute approximate surface area is 119 Å². The van der Waals surface area contributed by atoms with E-state index in [2.05, 4.69) is 16.7 Å². The van der Waals surface area contributed by atoms with Crippen molar-refractivity contribution in [2.45, 2.75) is 32.2 Å². The van der Waals surface area contributed by atoms with Gasteiger partial charge in [-0.2, -0.15) is 0 Å². The second-order valence-electron chi connectivity index (χ2n) is 5.30. The second kappa shape index (κ2) is 5.37. The van der Waals surface area contributed by atoms with Crippen LogP contribution in [0.5, 0.6) is 11.5 Å². The third kappa shape index (κ3) is 1.95. The van der Waals surface area contributed by atoms with Gasteiger partial charge in [-0.3, -0.25) is 0 Å². The number of nitrogens with two attached hydrogens (primary N) is 1. The van der Waals surface area contributed by atoms with E-state index in [-0.39, 0.29) is 0 Å². The van der Waals surface area contributed by atoms with Crippen LogP contribution in [0.15, 0.2) is 12.1 Å². The lowest BCUT2D eigenvalue weighted by Crippen LogP contribution is -2.14. The molecule has 2 N–H and O–H groups in total. The van der Waals surface area contributed by atoms with Gasteiger partial charge in [0.05, 0.1) is 19.7 Å². The monoisotopic (exact) mass is 274 g/mol. The van der Waals surface area contributed by atoms with Crippen molar-refractivity contribution in [3.8, 4) is 11.5 Å². The number of methoxy groups -OCH3 is 2. The molecule has 2 aromatic rings. The molecule has 0 unspecified atom stereocenters. The molecule has 0 atom stereocenters. The largest absolute Gasteiger partial charge is 0.493 e. The fraction of sp³-hybridized carbons (Fsp3) is 0.500. The van der Waals surface area contributed by atoms with E-state index in [9.17, 15) is 0 Å². The number of fused-ring (bicyclic) bond motifs is 3. The summed E-state index contributed by atoms with van der Waals surface area (Å²) in [5.74, 6) is 1.59. The minimum atomic E-state index is 0.657. The molecule has 0 fully saturated rings. The van der Waals surface area contributed by atoms with Crippen LogP contribution in [0, 0.1) is 0 Å². The highest BCUT2D eigenvalue weighted by Crippen LogP contribution is 2.38. The highest BCUT2D eigenvalue weighted by Gasteiger charge is 2.21. The van der Waals surface area contributed by atoms with Crippen LogP contribution < -0.4 is 15.2 Å². The van der Waals surface area contributed by atoms with Crippen molar-refractivity contribution < 1.29 is 9.47 Å². The van der Waals surface area contributed by atoms with E-state index in [0.717, 1.165) is 30.9 Å². The molecule has 1 aliphatic rings. The zero-order valence-electron chi connectivity index (χ0n) is 12.2. The first kappa shape index (κ1) is 13.3. The Morgan fingerprint density at radius 1 is 1.10 bits per heavy atom. The van der Waals surface area contributed by atoms with Gasteiger partial charge in [-0.25, -0.2) is 0 Å². The molecule has 0 amide bonds. The zero-order valence-corrected chi connectivity index (χ0v) is 12.2. The molecule has 0 saturated carbocycles. The van der Waals surface area contributed by atoms with Gasteiger partial charge in [-0.15, -0.1) is 0 Å². The van der Waals surface area contributed by atoms with Gasteiger partial charge in [-0.05, 0) is 37.3 Å². The Balaban J connectivity index is 2.29. The van der Waals surface area contributed by atoms with Crippen LogP contribution in [-0.2, 0) is 19.4 Å². The van der Waals surface area contributed by atoms with E-state index in [1.807, 2.05) is 0 Å². The fourth-order valence-corrected chi connectivity index (χ4v) is 3.34. The number of ether oxygens (including phenoxy) is 2. The van der Waals surface area contributed by atoms with Crippen molar-refractivity contribution in [1.82, 2.24) is 4.57 Å². The van der Waals surface area contributed by atoms with Crippen molar-refractivity contribution >= 4 is 10.9 Å². The first-order valence-corrected chi connectivity index (χ1v) is 7.26. The van der Waals surface area contributed by atoms with Crippen LogP contribution >= 0.6 is 0 Å². The SMILES string of the molecule is COc1cc2c3c(n(CCN)c2cc1OC)CCCC3. The first-order valence-electron chi connectivity index (χ1n) is 7.26. The van der Waals surface area contributed by atoms with Crippen LogP contribution in [0.4, 0.5) is 0 Å². The Morgan fingerprint density at radius 3 is 2.50 bits per heavy atom. The standard InChI is InChI=1S/C16H22N2O2/c1-19-15-9-12-11-5-3-4-6-13(11)18(8-7-17)14(12)10-16(15)20-2/h9-10H,3-8,17H2,1-2H3. The van der Waals surface area contributed by atoms with Crippen LogP contribution in [0.2, 0.25) is 0 Å². The van der Waals surface area contributed by atoms with E-state index in [1.54, 1.807) is 14.2 Å². The third-order valence-corrected chi connectivity index (χ3v) is 4.24. The lowest BCUT2D eigenvalue weighted by atomic mass is 9.95. The van der Waals surface area contributed by atoms with E-state index in [0.29, 0.717) is 6.54 Å². The van der Waals surface area contributed by atoms with Gasteiger partial charge in [0.1, 0.15) is 0 Å². The van der Waals surface area contributed by atoms with E-state index in [4.69, 9.17) is 15.2 Å². The first-order chi connectivity index (χ1) is 9.80. The van der Waals surface area contributed by atoms with Crippen LogP contribution in [0.25, 0.3) is 10.9 Å². The van der Waals surface area contributed by atoms with Gasteiger partial charge in [0, 0.05) is 30.2 Å². The molecule has 4 heteroatoms. The van der Waals surface area contributed by atoms with Crippen LogP contribution in [0.1, 0.15) is 24.1 Å². The molecule has 108 valence electrons. The van der Waals surface area contributed by atoms with Gasteiger partial charge in [-0.1, -0.05) is 0 Å². The van der Waals surface area contributed by atoms with E-state index >= 15 is 0 Å². The lowest BCUT2D eigenvalue weighted by Gasteiger charge is -2.15. The number of nitrogens with zero attached hydrogens (tertiary/aromatic N) is 1. The summed E-state index contributed by atoms with van der Waals surface area (Å²) in [5.41, 5.74) is 9.94. The van der Waals surface area contributed by atoms with Gasteiger partial charge < -0.3 is 19.8 Å². The maximum absolute atomic E-state index is 5.79. The summed E-state index contributed by atoms with van der Waals surface area (Å²) < 4.78 is 13.3. The van der Waals surface area contributed by atoms with Crippen molar-refractivity contribution in [3.63, 3.8) is 0 Å². The summed E-state index contributed by atoms with van der Waals surface area (Å²) in [5, 5.41) is 1.30. The number of benzene rings is 1. The Morgan fingerprint density at radius 2 is 1.80 bits per heavy atom. The highest BCUT2D eigenvalue weighted by atomic mass is 16.5. The Hall–Kier alpha value is -1.68. The van der Waals surface area contributed by atoms with Gasteiger partial charge in [0.25, 0.3) is 0 Å². The molecule has 0 aliphatic heterocycles. The minimum Gasteiger partial charge on any atom is -0.493 e. The maximum atomic E-state index is 5.79. The highest BCUT2D eigenvalue weighted by molar-refractivity contribution is 5.89. The molecule has 0 radical (unpaired) electrons. The summed E-state index contributed by atoms with van der Waals surface area (Å²) >= 11 is 0. The zero-order chi connectivity index (χ0) is 14.1. The minimum absolute atomic E-state index is 0.657. The van der Waals surface area contributed by atoms with Crippen LogP contribution in [0.3, 0.4) is 0 Å². The number of hydrogen-bond donors (Lipinski definition) is 1. The summed E-state index contributed by atoms with van der Waals surface area (Å²) in [4.78, 5) is 0. The van der Waals surface area contributed by atoms with Crippen LogP contribution in [-0.4, -0.2) is 25.3 Å². The summed E-state index contributed by atoms with van der Waals surface area (Å²) in [7, 11) is 3.37. The molecule has 1 aromatic heterocycles. The van der Waals surface area contributed by atoms with E-state index < -0.39 is 0 Å². The molecule has 1 aromatic carbocycles. The van der Waals surface area contributed by atoms with Gasteiger partial charge >= 0.3 is 0 Å². The summed E-state index contributed by atoms with van der Waals surface area (Å²) in [6, 6.07) is 4.20. The molecule has 0 saturated heterocycles. The normalized spacial score (nSPS) is 14.3. The fourth-order valence-electron chi connectivity index (χ4n) is 3.34. The number of aromatic nitrogens is 1. The predicted octanol–water partition coefficient (Wildman–Crippen LogP) is 2.50. The van der Waals surface area contributed by atoms with Crippen molar-refractivity contribution in [2.24, 2.45) is 5.73 Å². The molecule has 20 heavy (non-hydrogen) atoms. The van der Waals surface area contributed by atoms with E-state index in [1.165, 1.54) is 35.0 Å². The third-order valence-electron chi connectivity index (χ3n) is 4.24. The Bertz CT molecular complexity index is 631. The average molecular weight is 274 g/mol. The maximum Gasteiger partial charge on any atom is 0.162 e. The lowest BCUT2D eigenvalue weighted by molar-refractivity contribution is 0.355. The second-order valence-corrected chi connectivity index (χ2v) is 5.30. The molecule has 3 rings (SSSR count). The predicted molar refractivity (Wildman–Crippen MR) is 80.7 cm³/mol. The van der Waals surface area contributed by atoms with Crippen molar-refractivity contribution in [3.05, 3.63) is 23.4 Å². The molecular weight excluding hydrogens is 252 g/mol. The average Bonchev–Trinajstić information content (AvgIpc) is 2.80. The number of aryl methyl sites for hydroxylation is 1. The number of rotatable bonds is 4. The Kier molecular flexibility index (Phi) is 3.57. The molecule has 0 spiro atoms. The molecule has 1 heterocycles. The summed E-state index contributed by atoms with van der Waals surface area (Å²) in [6.45, 7) is 1.52. The van der Waals surface area contributed by atoms with Gasteiger partial charge in [0.2, 0.25) is 0 Å². The smallest absolute Gasteiger partial charge is 0.162 e. The molecule has 4 nitrogen and oxygen atoms in total. The summed E-state index contributed by atoms with van der Waals surface area (Å²) in [6.07, 6.45) is 4.83. The molecule has 1 aliphatic carbocycles. The quantitative estimate of drug-likeness (QED) is 0.932. The van der Waals surface area contributed by atoms with Gasteiger partial charge in [0.15, 0.2) is 11.5 Å². The molecule has 0 bridgehead atoms. The topological polar surface area (TPSA) is 49.4 Å². The molecular formula is C16H22N2O2. The number of hydrogen-bond acceptors (Lipinski definition) is 3. The van der Waals surface area contributed by atoms with Crippen molar-refractivity contribution in [1.29, 1.82) is 0 Å². The van der Waals surface area contributed by atoms with Crippen molar-refractivity contribution in [2.75, 3.05) is 20.8 Å².